The van der Waals surface area contributed by atoms with Gasteiger partial charge in [-0.3, -0.25) is 4.79 Å². The van der Waals surface area contributed by atoms with E-state index in [0.29, 0.717) is 4.60 Å². The van der Waals surface area contributed by atoms with E-state index in [1.165, 1.54) is 29.2 Å². The highest BCUT2D eigenvalue weighted by atomic mass is 79.9. The minimum absolute atomic E-state index is 0.0168. The quantitative estimate of drug-likeness (QED) is 0.373. The Morgan fingerprint density at radius 2 is 1.85 bits per heavy atom. The lowest BCUT2D eigenvalue weighted by Gasteiger charge is -2.19. The van der Waals surface area contributed by atoms with Crippen molar-refractivity contribution in [2.24, 2.45) is 0 Å². The normalized spacial score (nSPS) is 17.7. The van der Waals surface area contributed by atoms with Crippen molar-refractivity contribution in [3.63, 3.8) is 0 Å². The monoisotopic (exact) mass is 459 g/mol. The Morgan fingerprint density at radius 1 is 1.19 bits per heavy atom. The first-order valence-electron chi connectivity index (χ1n) is 7.76. The molecular formula is C17H13BrF3N3O2S. The number of aromatic nitrogens is 1. The average molecular weight is 460 g/mol. The number of hydrogen-bond donors (Lipinski definition) is 0. The Hall–Kier alpha value is -2.07. The molecule has 0 N–H and O–H groups in total. The predicted molar refractivity (Wildman–Crippen MR) is 98.2 cm³/mol. The highest BCUT2D eigenvalue weighted by molar-refractivity contribution is 9.10. The average Bonchev–Trinajstić information content (AvgIpc) is 2.78. The molecule has 0 spiro atoms. The van der Waals surface area contributed by atoms with Gasteiger partial charge in [0.05, 0.1) is 5.69 Å². The summed E-state index contributed by atoms with van der Waals surface area (Å²) >= 11 is 3.00. The number of hydrogen-bond acceptors (Lipinski definition) is 4. The summed E-state index contributed by atoms with van der Waals surface area (Å²) in [5.41, 5.74) is -3.37. The molecular weight excluding hydrogens is 447 g/mol. The lowest BCUT2D eigenvalue weighted by molar-refractivity contribution is -0.119. The van der Waals surface area contributed by atoms with Crippen molar-refractivity contribution < 1.29 is 22.8 Å². The Kier molecular flexibility index (Phi) is 5.48. The van der Waals surface area contributed by atoms with Crippen LogP contribution in [0.4, 0.5) is 23.7 Å². The van der Waals surface area contributed by atoms with Gasteiger partial charge in [-0.1, -0.05) is 0 Å². The molecule has 2 heterocycles. The SMILES string of the molecule is CC1C(=O)N(c2ccc(SC(F)(F)F)cc2)C(=O)N1Cc1ccnc(Br)c1. The van der Waals surface area contributed by atoms with Gasteiger partial charge in [-0.25, -0.2) is 14.7 Å². The topological polar surface area (TPSA) is 53.5 Å². The van der Waals surface area contributed by atoms with Gasteiger partial charge < -0.3 is 4.90 Å². The van der Waals surface area contributed by atoms with E-state index in [9.17, 15) is 22.8 Å². The number of amides is 3. The molecule has 3 rings (SSSR count). The molecule has 2 aromatic rings. The maximum Gasteiger partial charge on any atom is 0.446 e. The molecule has 1 aromatic heterocycles. The van der Waals surface area contributed by atoms with Crippen molar-refractivity contribution in [2.45, 2.75) is 29.9 Å². The van der Waals surface area contributed by atoms with E-state index < -0.39 is 23.5 Å². The van der Waals surface area contributed by atoms with Gasteiger partial charge in [0.2, 0.25) is 0 Å². The molecule has 1 atom stereocenters. The highest BCUT2D eigenvalue weighted by Crippen LogP contribution is 2.37. The van der Waals surface area contributed by atoms with Gasteiger partial charge in [0.1, 0.15) is 10.6 Å². The third kappa shape index (κ3) is 4.44. The van der Waals surface area contributed by atoms with Crippen LogP contribution in [0.25, 0.3) is 0 Å². The molecule has 142 valence electrons. The van der Waals surface area contributed by atoms with Gasteiger partial charge in [0.25, 0.3) is 5.91 Å². The van der Waals surface area contributed by atoms with Gasteiger partial charge in [0, 0.05) is 17.6 Å². The highest BCUT2D eigenvalue weighted by Gasteiger charge is 2.43. The van der Waals surface area contributed by atoms with Gasteiger partial charge in [-0.15, -0.1) is 0 Å². The van der Waals surface area contributed by atoms with Gasteiger partial charge in [-0.2, -0.15) is 13.2 Å². The first kappa shape index (κ1) is 19.7. The maximum atomic E-state index is 12.7. The smallest absolute Gasteiger partial charge is 0.308 e. The van der Waals surface area contributed by atoms with Crippen LogP contribution in [-0.2, 0) is 11.3 Å². The van der Waals surface area contributed by atoms with Crippen LogP contribution < -0.4 is 4.90 Å². The van der Waals surface area contributed by atoms with Crippen LogP contribution in [0.15, 0.2) is 52.1 Å². The Labute approximate surface area is 165 Å². The summed E-state index contributed by atoms with van der Waals surface area (Å²) < 4.78 is 37.9. The number of anilines is 1. The maximum absolute atomic E-state index is 12.7. The molecule has 3 amide bonds. The number of carbonyl (C=O) groups excluding carboxylic acids is 2. The lowest BCUT2D eigenvalue weighted by Crippen LogP contribution is -2.33. The third-order valence-electron chi connectivity index (χ3n) is 3.95. The molecule has 1 unspecified atom stereocenters. The number of alkyl halides is 3. The van der Waals surface area contributed by atoms with E-state index >= 15 is 0 Å². The minimum Gasteiger partial charge on any atom is -0.308 e. The Bertz CT molecular complexity index is 876. The van der Waals surface area contributed by atoms with E-state index in [2.05, 4.69) is 20.9 Å². The predicted octanol–water partition coefficient (Wildman–Crippen LogP) is 4.81. The number of nitrogens with zero attached hydrogens (tertiary/aromatic N) is 3. The van der Waals surface area contributed by atoms with Crippen molar-refractivity contribution in [1.82, 2.24) is 9.88 Å². The number of pyridine rings is 1. The molecule has 0 aliphatic carbocycles. The molecule has 5 nitrogen and oxygen atoms in total. The summed E-state index contributed by atoms with van der Waals surface area (Å²) in [7, 11) is 0. The van der Waals surface area contributed by atoms with Crippen molar-refractivity contribution >= 4 is 45.3 Å². The summed E-state index contributed by atoms with van der Waals surface area (Å²) in [4.78, 5) is 31.7. The first-order chi connectivity index (χ1) is 12.7. The molecule has 1 aliphatic rings. The summed E-state index contributed by atoms with van der Waals surface area (Å²) in [6.07, 6.45) is 1.58. The molecule has 10 heteroatoms. The summed E-state index contributed by atoms with van der Waals surface area (Å²) in [6.45, 7) is 1.83. The number of rotatable bonds is 4. The first-order valence-corrected chi connectivity index (χ1v) is 9.37. The standard InChI is InChI=1S/C17H13BrF3N3O2S/c1-10-15(25)24(12-2-4-13(5-3-12)27-17(19,20)21)16(26)23(10)9-11-6-7-22-14(18)8-11/h2-8,10H,9H2,1H3. The number of halogens is 4. The van der Waals surface area contributed by atoms with Crippen LogP contribution in [0.3, 0.4) is 0 Å². The Balaban J connectivity index is 1.80. The molecule has 1 aromatic carbocycles. The lowest BCUT2D eigenvalue weighted by atomic mass is 10.2. The largest absolute Gasteiger partial charge is 0.446 e. The molecule has 1 fully saturated rings. The fourth-order valence-electron chi connectivity index (χ4n) is 2.69. The van der Waals surface area contributed by atoms with E-state index in [0.717, 1.165) is 10.5 Å². The van der Waals surface area contributed by atoms with E-state index in [4.69, 9.17) is 0 Å². The zero-order valence-corrected chi connectivity index (χ0v) is 16.3. The van der Waals surface area contributed by atoms with Gasteiger partial charge >= 0.3 is 11.5 Å². The Morgan fingerprint density at radius 3 is 2.44 bits per heavy atom. The number of carbonyl (C=O) groups is 2. The van der Waals surface area contributed by atoms with Crippen LogP contribution >= 0.6 is 27.7 Å². The molecule has 0 saturated carbocycles. The van der Waals surface area contributed by atoms with E-state index in [-0.39, 0.29) is 28.9 Å². The van der Waals surface area contributed by atoms with Crippen LogP contribution in [-0.4, -0.2) is 33.4 Å². The van der Waals surface area contributed by atoms with Gasteiger partial charge in [0.15, 0.2) is 0 Å². The van der Waals surface area contributed by atoms with Crippen molar-refractivity contribution in [1.29, 1.82) is 0 Å². The second-order valence-corrected chi connectivity index (χ2v) is 7.74. The summed E-state index contributed by atoms with van der Waals surface area (Å²) in [5.74, 6) is -0.427. The fraction of sp³-hybridized carbons (Fsp3) is 0.235. The van der Waals surface area contributed by atoms with E-state index in [1.807, 2.05) is 0 Å². The van der Waals surface area contributed by atoms with Crippen molar-refractivity contribution in [3.05, 3.63) is 52.8 Å². The second kappa shape index (κ2) is 7.51. The van der Waals surface area contributed by atoms with Crippen molar-refractivity contribution in [2.75, 3.05) is 4.90 Å². The number of thioether (sulfide) groups is 1. The molecule has 0 radical (unpaired) electrons. The fourth-order valence-corrected chi connectivity index (χ4v) is 3.64. The zero-order valence-electron chi connectivity index (χ0n) is 13.9. The molecule has 1 saturated heterocycles. The van der Waals surface area contributed by atoms with Crippen LogP contribution in [0.5, 0.6) is 0 Å². The van der Waals surface area contributed by atoms with Crippen LogP contribution in [0.2, 0.25) is 0 Å². The van der Waals surface area contributed by atoms with E-state index in [1.54, 1.807) is 25.3 Å². The third-order valence-corrected chi connectivity index (χ3v) is 5.13. The molecule has 0 bridgehead atoms. The second-order valence-electron chi connectivity index (χ2n) is 5.79. The van der Waals surface area contributed by atoms with Gasteiger partial charge in [-0.05, 0) is 76.6 Å². The molecule has 1 aliphatic heterocycles. The zero-order chi connectivity index (χ0) is 19.8. The summed E-state index contributed by atoms with van der Waals surface area (Å²) in [5, 5.41) is 0. The van der Waals surface area contributed by atoms with Crippen LogP contribution in [0.1, 0.15) is 12.5 Å². The number of imide groups is 1. The van der Waals surface area contributed by atoms with Crippen molar-refractivity contribution in [3.8, 4) is 0 Å². The molecule has 27 heavy (non-hydrogen) atoms. The number of urea groups is 1. The summed E-state index contributed by atoms with van der Waals surface area (Å²) in [6, 6.07) is 7.43. The number of benzene rings is 1. The van der Waals surface area contributed by atoms with Crippen LogP contribution in [0, 0.1) is 0 Å². The minimum atomic E-state index is -4.40.